The van der Waals surface area contributed by atoms with Gasteiger partial charge in [-0.15, -0.1) is 0 Å². The minimum absolute atomic E-state index is 0.123. The Morgan fingerprint density at radius 3 is 2.35 bits per heavy atom. The summed E-state index contributed by atoms with van der Waals surface area (Å²) in [6.07, 6.45) is 1.58. The van der Waals surface area contributed by atoms with E-state index in [2.05, 4.69) is 5.32 Å². The number of ether oxygens (including phenoxy) is 1. The van der Waals surface area contributed by atoms with Crippen LogP contribution >= 0.6 is 0 Å². The van der Waals surface area contributed by atoms with Crippen LogP contribution in [0.5, 0.6) is 5.75 Å². The predicted molar refractivity (Wildman–Crippen MR) is 98.1 cm³/mol. The van der Waals surface area contributed by atoms with E-state index in [1.54, 1.807) is 53.4 Å². The van der Waals surface area contributed by atoms with Crippen LogP contribution in [0.25, 0.3) is 0 Å². The number of carbonyl (C=O) groups excluding carboxylic acids is 3. The average Bonchev–Trinajstić information content (AvgIpc) is 3.03. The molecule has 6 heteroatoms. The summed E-state index contributed by atoms with van der Waals surface area (Å²) in [6, 6.07) is 14.0. The van der Waals surface area contributed by atoms with Gasteiger partial charge in [0.05, 0.1) is 6.42 Å². The van der Waals surface area contributed by atoms with Crippen LogP contribution in [-0.2, 0) is 20.8 Å². The molecule has 26 heavy (non-hydrogen) atoms. The third kappa shape index (κ3) is 4.47. The fourth-order valence-electron chi connectivity index (χ4n) is 2.86. The highest BCUT2D eigenvalue weighted by Gasteiger charge is 2.21. The predicted octanol–water partition coefficient (Wildman–Crippen LogP) is 2.92. The number of amides is 2. The zero-order valence-corrected chi connectivity index (χ0v) is 14.5. The lowest BCUT2D eigenvalue weighted by molar-refractivity contribution is -0.133. The van der Waals surface area contributed by atoms with Crippen LogP contribution in [0.4, 0.5) is 11.4 Å². The van der Waals surface area contributed by atoms with E-state index in [9.17, 15) is 14.4 Å². The third-order valence-electron chi connectivity index (χ3n) is 4.08. The van der Waals surface area contributed by atoms with E-state index < -0.39 is 0 Å². The Morgan fingerprint density at radius 1 is 1.08 bits per heavy atom. The van der Waals surface area contributed by atoms with Crippen LogP contribution in [0.2, 0.25) is 0 Å². The summed E-state index contributed by atoms with van der Waals surface area (Å²) in [5, 5.41) is 2.67. The molecule has 0 saturated carbocycles. The molecule has 3 rings (SSSR count). The van der Waals surface area contributed by atoms with Crippen LogP contribution in [0.15, 0.2) is 48.5 Å². The summed E-state index contributed by atoms with van der Waals surface area (Å²) in [6.45, 7) is 2.17. The molecular weight excluding hydrogens is 332 g/mol. The highest BCUT2D eigenvalue weighted by molar-refractivity contribution is 5.95. The fourth-order valence-corrected chi connectivity index (χ4v) is 2.86. The molecule has 1 N–H and O–H groups in total. The first-order valence-electron chi connectivity index (χ1n) is 8.49. The van der Waals surface area contributed by atoms with E-state index in [1.165, 1.54) is 6.92 Å². The lowest BCUT2D eigenvalue weighted by Crippen LogP contribution is -2.23. The van der Waals surface area contributed by atoms with Crippen molar-refractivity contribution >= 4 is 29.2 Å². The molecule has 0 radical (unpaired) electrons. The number of esters is 1. The number of hydrogen-bond acceptors (Lipinski definition) is 4. The van der Waals surface area contributed by atoms with Gasteiger partial charge in [0.25, 0.3) is 0 Å². The van der Waals surface area contributed by atoms with Crippen LogP contribution < -0.4 is 15.0 Å². The van der Waals surface area contributed by atoms with E-state index in [-0.39, 0.29) is 24.2 Å². The molecule has 0 unspecified atom stereocenters. The lowest BCUT2D eigenvalue weighted by Gasteiger charge is -2.15. The van der Waals surface area contributed by atoms with Crippen LogP contribution in [0, 0.1) is 0 Å². The van der Waals surface area contributed by atoms with E-state index in [0.29, 0.717) is 17.9 Å². The third-order valence-corrected chi connectivity index (χ3v) is 4.08. The second-order valence-corrected chi connectivity index (χ2v) is 6.17. The summed E-state index contributed by atoms with van der Waals surface area (Å²) < 4.78 is 5.35. The minimum Gasteiger partial charge on any atom is -0.426 e. The molecule has 2 aromatic rings. The van der Waals surface area contributed by atoms with Crippen molar-refractivity contribution in [1.29, 1.82) is 0 Å². The SMILES string of the molecule is CC(=O)Nc1ccc(CC(=O)Oc2ccc(N3CCCC3=O)cc2)cc1. The van der Waals surface area contributed by atoms with Gasteiger partial charge >= 0.3 is 5.97 Å². The molecule has 1 fully saturated rings. The molecule has 1 aliphatic rings. The quantitative estimate of drug-likeness (QED) is 0.663. The van der Waals surface area contributed by atoms with Gasteiger partial charge in [0.1, 0.15) is 5.75 Å². The monoisotopic (exact) mass is 352 g/mol. The van der Waals surface area contributed by atoms with Crippen LogP contribution in [-0.4, -0.2) is 24.3 Å². The molecule has 1 aliphatic heterocycles. The highest BCUT2D eigenvalue weighted by Crippen LogP contribution is 2.24. The van der Waals surface area contributed by atoms with Crippen molar-refractivity contribution in [3.05, 3.63) is 54.1 Å². The smallest absolute Gasteiger partial charge is 0.315 e. The van der Waals surface area contributed by atoms with Crippen molar-refractivity contribution in [2.24, 2.45) is 0 Å². The van der Waals surface area contributed by atoms with Gasteiger partial charge in [-0.3, -0.25) is 14.4 Å². The summed E-state index contributed by atoms with van der Waals surface area (Å²) >= 11 is 0. The van der Waals surface area contributed by atoms with Gasteiger partial charge in [-0.1, -0.05) is 12.1 Å². The number of carbonyl (C=O) groups is 3. The number of nitrogens with zero attached hydrogens (tertiary/aromatic N) is 1. The molecule has 0 atom stereocenters. The summed E-state index contributed by atoms with van der Waals surface area (Å²) in [4.78, 5) is 36.6. The number of anilines is 2. The second kappa shape index (κ2) is 7.82. The number of rotatable bonds is 5. The largest absolute Gasteiger partial charge is 0.426 e. The second-order valence-electron chi connectivity index (χ2n) is 6.17. The number of benzene rings is 2. The maximum absolute atomic E-state index is 12.1. The van der Waals surface area contributed by atoms with Crippen molar-refractivity contribution in [1.82, 2.24) is 0 Å². The van der Waals surface area contributed by atoms with Gasteiger partial charge in [-0.25, -0.2) is 0 Å². The average molecular weight is 352 g/mol. The fraction of sp³-hybridized carbons (Fsp3) is 0.250. The van der Waals surface area contributed by atoms with Gasteiger partial charge in [0.15, 0.2) is 0 Å². The van der Waals surface area contributed by atoms with Crippen molar-refractivity contribution < 1.29 is 19.1 Å². The summed E-state index contributed by atoms with van der Waals surface area (Å²) in [7, 11) is 0. The number of nitrogens with one attached hydrogen (secondary N) is 1. The molecule has 0 bridgehead atoms. The first kappa shape index (κ1) is 17.7. The lowest BCUT2D eigenvalue weighted by atomic mass is 10.1. The summed E-state index contributed by atoms with van der Waals surface area (Å²) in [5.41, 5.74) is 2.30. The molecule has 0 spiro atoms. The topological polar surface area (TPSA) is 75.7 Å². The molecule has 1 heterocycles. The first-order chi connectivity index (χ1) is 12.5. The molecule has 2 amide bonds. The number of hydrogen-bond donors (Lipinski definition) is 1. The Bertz CT molecular complexity index is 813. The van der Waals surface area contributed by atoms with Gasteiger partial charge in [-0.2, -0.15) is 0 Å². The first-order valence-corrected chi connectivity index (χ1v) is 8.49. The molecule has 0 aliphatic carbocycles. The van der Waals surface area contributed by atoms with Crippen molar-refractivity contribution in [2.75, 3.05) is 16.8 Å². The molecular formula is C20H20N2O4. The van der Waals surface area contributed by atoms with E-state index in [4.69, 9.17) is 4.74 Å². The van der Waals surface area contributed by atoms with Gasteiger partial charge < -0.3 is 15.0 Å². The van der Waals surface area contributed by atoms with Gasteiger partial charge in [-0.05, 0) is 48.4 Å². The minimum atomic E-state index is -0.373. The molecule has 1 saturated heterocycles. The van der Waals surface area contributed by atoms with Crippen molar-refractivity contribution in [3.8, 4) is 5.75 Å². The van der Waals surface area contributed by atoms with Crippen LogP contribution in [0.1, 0.15) is 25.3 Å². The summed E-state index contributed by atoms with van der Waals surface area (Å²) in [5.74, 6) is 0.0521. The standard InChI is InChI=1S/C20H20N2O4/c1-14(23)21-16-6-4-15(5-7-16)13-20(25)26-18-10-8-17(9-11-18)22-12-2-3-19(22)24/h4-11H,2-3,12-13H2,1H3,(H,21,23). The Kier molecular flexibility index (Phi) is 5.31. The zero-order chi connectivity index (χ0) is 18.5. The van der Waals surface area contributed by atoms with E-state index >= 15 is 0 Å². The highest BCUT2D eigenvalue weighted by atomic mass is 16.5. The zero-order valence-electron chi connectivity index (χ0n) is 14.5. The maximum atomic E-state index is 12.1. The molecule has 134 valence electrons. The Morgan fingerprint density at radius 2 is 1.77 bits per heavy atom. The van der Waals surface area contributed by atoms with E-state index in [0.717, 1.165) is 24.2 Å². The Balaban J connectivity index is 1.56. The van der Waals surface area contributed by atoms with Crippen molar-refractivity contribution in [2.45, 2.75) is 26.2 Å². The molecule has 0 aromatic heterocycles. The van der Waals surface area contributed by atoms with Gasteiger partial charge in [0, 0.05) is 31.3 Å². The maximum Gasteiger partial charge on any atom is 0.315 e. The normalized spacial score (nSPS) is 13.6. The van der Waals surface area contributed by atoms with Crippen LogP contribution in [0.3, 0.4) is 0 Å². The Hall–Kier alpha value is -3.15. The molecule has 6 nitrogen and oxygen atoms in total. The molecule has 2 aromatic carbocycles. The van der Waals surface area contributed by atoms with Gasteiger partial charge in [0.2, 0.25) is 11.8 Å². The van der Waals surface area contributed by atoms with E-state index in [1.807, 2.05) is 0 Å². The Labute approximate surface area is 151 Å². The van der Waals surface area contributed by atoms with Crippen molar-refractivity contribution in [3.63, 3.8) is 0 Å².